The Morgan fingerprint density at radius 2 is 1.80 bits per heavy atom. The number of aromatic nitrogens is 1. The number of aromatic amines is 1. The van der Waals surface area contributed by atoms with Gasteiger partial charge in [0.15, 0.2) is 0 Å². The zero-order chi connectivity index (χ0) is 21.5. The molecule has 0 radical (unpaired) electrons. The van der Waals surface area contributed by atoms with E-state index in [1.807, 2.05) is 61.5 Å². The molecule has 1 heterocycles. The number of quaternary nitrogens is 1. The van der Waals surface area contributed by atoms with Gasteiger partial charge in [-0.15, -0.1) is 0 Å². The summed E-state index contributed by atoms with van der Waals surface area (Å²) in [4.78, 5) is 31.8. The van der Waals surface area contributed by atoms with Crippen molar-refractivity contribution in [3.05, 3.63) is 76.1 Å². The number of amides is 2. The van der Waals surface area contributed by atoms with Crippen molar-refractivity contribution in [3.8, 4) is 0 Å². The number of hydrogen-bond donors (Lipinski definition) is 3. The third kappa shape index (κ3) is 5.48. The number of pyridine rings is 1. The topological polar surface area (TPSA) is 69.6 Å². The Labute approximate surface area is 177 Å². The number of fused-ring (bicyclic) bond motifs is 1. The maximum atomic E-state index is 13.0. The van der Waals surface area contributed by atoms with Gasteiger partial charge in [0.25, 0.3) is 5.56 Å². The number of carbonyl (C=O) groups excluding carboxylic acids is 1. The van der Waals surface area contributed by atoms with Crippen LogP contribution < -0.4 is 15.8 Å². The minimum Gasteiger partial charge on any atom is -0.334 e. The van der Waals surface area contributed by atoms with Crippen molar-refractivity contribution in [2.75, 3.05) is 31.5 Å². The second-order valence-electron chi connectivity index (χ2n) is 7.64. The number of para-hydroxylation sites is 1. The highest BCUT2D eigenvalue weighted by Gasteiger charge is 2.18. The van der Waals surface area contributed by atoms with E-state index in [-0.39, 0.29) is 18.1 Å². The van der Waals surface area contributed by atoms with Gasteiger partial charge in [-0.3, -0.25) is 4.79 Å². The van der Waals surface area contributed by atoms with E-state index in [4.69, 9.17) is 0 Å². The molecule has 0 bridgehead atoms. The molecule has 0 aliphatic heterocycles. The zero-order valence-electron chi connectivity index (χ0n) is 18.0. The lowest BCUT2D eigenvalue weighted by molar-refractivity contribution is -0.895. The number of benzene rings is 2. The van der Waals surface area contributed by atoms with Crippen molar-refractivity contribution in [1.82, 2.24) is 9.88 Å². The first-order chi connectivity index (χ1) is 14.5. The SMILES string of the molecule is CC[NH+](CC)CCN(Cc1cc2ccc(C)cc2[nH]c1=O)C(=O)Nc1ccccc1. The maximum Gasteiger partial charge on any atom is 0.322 e. The van der Waals surface area contributed by atoms with Gasteiger partial charge in [-0.05, 0) is 56.0 Å². The van der Waals surface area contributed by atoms with Crippen molar-refractivity contribution in [3.63, 3.8) is 0 Å². The number of H-pyrrole nitrogens is 1. The molecular formula is C24H31N4O2+. The maximum absolute atomic E-state index is 13.0. The summed E-state index contributed by atoms with van der Waals surface area (Å²) in [5.74, 6) is 0. The van der Waals surface area contributed by atoms with Crippen molar-refractivity contribution >= 4 is 22.6 Å². The summed E-state index contributed by atoms with van der Waals surface area (Å²) >= 11 is 0. The standard InChI is InChI=1S/C24H30N4O2/c1-4-27(5-2)13-14-28(24(30)25-21-9-7-6-8-10-21)17-20-16-19-12-11-18(3)15-22(19)26-23(20)29/h6-12,15-16H,4-5,13-14,17H2,1-3H3,(H,25,30)(H,26,29)/p+1. The Kier molecular flexibility index (Phi) is 7.25. The van der Waals surface area contributed by atoms with E-state index in [9.17, 15) is 9.59 Å². The molecule has 0 spiro atoms. The smallest absolute Gasteiger partial charge is 0.322 e. The summed E-state index contributed by atoms with van der Waals surface area (Å²) in [6.07, 6.45) is 0. The predicted molar refractivity (Wildman–Crippen MR) is 122 cm³/mol. The molecule has 3 aromatic rings. The van der Waals surface area contributed by atoms with Gasteiger partial charge in [-0.2, -0.15) is 0 Å². The molecule has 3 N–H and O–H groups in total. The van der Waals surface area contributed by atoms with Gasteiger partial charge in [-0.25, -0.2) is 4.79 Å². The van der Waals surface area contributed by atoms with Crippen LogP contribution in [0.1, 0.15) is 25.0 Å². The van der Waals surface area contributed by atoms with Crippen LogP contribution in [0.25, 0.3) is 10.9 Å². The number of urea groups is 1. The molecule has 3 rings (SSSR count). The van der Waals surface area contributed by atoms with Gasteiger partial charge >= 0.3 is 6.03 Å². The minimum absolute atomic E-state index is 0.152. The number of anilines is 1. The summed E-state index contributed by atoms with van der Waals surface area (Å²) in [5.41, 5.74) is 3.09. The van der Waals surface area contributed by atoms with Crippen LogP contribution in [-0.4, -0.2) is 42.1 Å². The summed E-state index contributed by atoms with van der Waals surface area (Å²) in [6, 6.07) is 17.1. The van der Waals surface area contributed by atoms with E-state index >= 15 is 0 Å². The number of rotatable bonds is 8. The molecule has 30 heavy (non-hydrogen) atoms. The Morgan fingerprint density at radius 1 is 1.07 bits per heavy atom. The van der Waals surface area contributed by atoms with Gasteiger partial charge in [-0.1, -0.05) is 30.3 Å². The Morgan fingerprint density at radius 3 is 2.50 bits per heavy atom. The van der Waals surface area contributed by atoms with E-state index in [2.05, 4.69) is 24.1 Å². The molecule has 6 heteroatoms. The van der Waals surface area contributed by atoms with E-state index in [0.717, 1.165) is 41.8 Å². The predicted octanol–water partition coefficient (Wildman–Crippen LogP) is 2.80. The van der Waals surface area contributed by atoms with E-state index in [1.54, 1.807) is 4.90 Å². The highest BCUT2D eigenvalue weighted by Crippen LogP contribution is 2.14. The normalized spacial score (nSPS) is 11.1. The lowest BCUT2D eigenvalue weighted by Crippen LogP contribution is -3.12. The fourth-order valence-corrected chi connectivity index (χ4v) is 3.56. The summed E-state index contributed by atoms with van der Waals surface area (Å²) in [6.45, 7) is 9.95. The van der Waals surface area contributed by atoms with Crippen molar-refractivity contribution in [2.24, 2.45) is 0 Å². The second kappa shape index (κ2) is 10.1. The molecule has 0 atom stereocenters. The molecule has 1 aromatic heterocycles. The Bertz CT molecular complexity index is 1040. The first-order valence-electron chi connectivity index (χ1n) is 10.6. The third-order valence-electron chi connectivity index (χ3n) is 5.49. The quantitative estimate of drug-likeness (QED) is 0.537. The fourth-order valence-electron chi connectivity index (χ4n) is 3.56. The Balaban J connectivity index is 1.84. The van der Waals surface area contributed by atoms with Crippen LogP contribution in [0.15, 0.2) is 59.4 Å². The van der Waals surface area contributed by atoms with Crippen molar-refractivity contribution in [2.45, 2.75) is 27.3 Å². The molecular weight excluding hydrogens is 376 g/mol. The summed E-state index contributed by atoms with van der Waals surface area (Å²) < 4.78 is 0. The largest absolute Gasteiger partial charge is 0.334 e. The molecule has 0 aliphatic carbocycles. The number of nitrogens with zero attached hydrogens (tertiary/aromatic N) is 1. The molecule has 0 fully saturated rings. The van der Waals surface area contributed by atoms with Gasteiger partial charge in [0.2, 0.25) is 0 Å². The lowest BCUT2D eigenvalue weighted by atomic mass is 10.1. The van der Waals surface area contributed by atoms with Crippen molar-refractivity contribution in [1.29, 1.82) is 0 Å². The minimum atomic E-state index is -0.198. The number of nitrogens with one attached hydrogen (secondary N) is 3. The van der Waals surface area contributed by atoms with Crippen LogP contribution in [0.3, 0.4) is 0 Å². The average molecular weight is 408 g/mol. The second-order valence-corrected chi connectivity index (χ2v) is 7.64. The van der Waals surface area contributed by atoms with Gasteiger partial charge in [0.05, 0.1) is 32.7 Å². The lowest BCUT2D eigenvalue weighted by Gasteiger charge is -2.25. The average Bonchev–Trinajstić information content (AvgIpc) is 2.74. The molecule has 0 unspecified atom stereocenters. The van der Waals surface area contributed by atoms with Crippen LogP contribution in [0.5, 0.6) is 0 Å². The van der Waals surface area contributed by atoms with Crippen LogP contribution in [0.4, 0.5) is 10.5 Å². The van der Waals surface area contributed by atoms with Crippen molar-refractivity contribution < 1.29 is 9.69 Å². The summed E-state index contributed by atoms with van der Waals surface area (Å²) in [7, 11) is 0. The molecule has 2 aromatic carbocycles. The van der Waals surface area contributed by atoms with Crippen LogP contribution >= 0.6 is 0 Å². The zero-order valence-corrected chi connectivity index (χ0v) is 18.0. The molecule has 0 aliphatic rings. The highest BCUT2D eigenvalue weighted by molar-refractivity contribution is 5.89. The third-order valence-corrected chi connectivity index (χ3v) is 5.49. The molecule has 6 nitrogen and oxygen atoms in total. The number of likely N-dealkylation sites (N-methyl/N-ethyl adjacent to an activating group) is 1. The van der Waals surface area contributed by atoms with E-state index in [0.29, 0.717) is 12.1 Å². The number of hydrogen-bond acceptors (Lipinski definition) is 2. The molecule has 158 valence electrons. The van der Waals surface area contributed by atoms with Gasteiger partial charge in [0, 0.05) is 16.8 Å². The van der Waals surface area contributed by atoms with E-state index < -0.39 is 0 Å². The summed E-state index contributed by atoms with van der Waals surface area (Å²) in [5, 5.41) is 3.92. The molecule has 0 saturated heterocycles. The number of carbonyl (C=O) groups is 1. The fraction of sp³-hybridized carbons (Fsp3) is 0.333. The van der Waals surface area contributed by atoms with Crippen LogP contribution in [-0.2, 0) is 6.54 Å². The van der Waals surface area contributed by atoms with Gasteiger partial charge in [0.1, 0.15) is 0 Å². The van der Waals surface area contributed by atoms with Gasteiger partial charge < -0.3 is 20.1 Å². The Hall–Kier alpha value is -3.12. The van der Waals surface area contributed by atoms with Crippen LogP contribution in [0, 0.1) is 6.92 Å². The molecule has 0 saturated carbocycles. The van der Waals surface area contributed by atoms with Crippen LogP contribution in [0.2, 0.25) is 0 Å². The monoisotopic (exact) mass is 407 g/mol. The molecule has 2 amide bonds. The first kappa shape index (κ1) is 21.6. The number of aryl methyl sites for hydroxylation is 1. The first-order valence-corrected chi connectivity index (χ1v) is 10.6. The van der Waals surface area contributed by atoms with E-state index in [1.165, 1.54) is 4.90 Å². The highest BCUT2D eigenvalue weighted by atomic mass is 16.2.